The summed E-state index contributed by atoms with van der Waals surface area (Å²) in [7, 11) is 2.77. The normalized spacial score (nSPS) is 10.8. The summed E-state index contributed by atoms with van der Waals surface area (Å²) in [5.74, 6) is 0.000179. The Morgan fingerprint density at radius 2 is 1.87 bits per heavy atom. The third-order valence-corrected chi connectivity index (χ3v) is 6.19. The zero-order valence-corrected chi connectivity index (χ0v) is 21.3. The second-order valence-corrected chi connectivity index (χ2v) is 8.66. The van der Waals surface area contributed by atoms with Gasteiger partial charge in [-0.3, -0.25) is 4.79 Å². The molecule has 39 heavy (non-hydrogen) atoms. The second-order valence-electron chi connectivity index (χ2n) is 8.66. The Morgan fingerprint density at radius 1 is 1.05 bits per heavy atom. The first-order valence-electron chi connectivity index (χ1n) is 12.1. The van der Waals surface area contributed by atoms with Gasteiger partial charge in [0.05, 0.1) is 44.6 Å². The van der Waals surface area contributed by atoms with Crippen molar-refractivity contribution in [2.45, 2.75) is 13.1 Å². The molecule has 198 valence electrons. The molecule has 5 aromatic rings. The zero-order chi connectivity index (χ0) is 27.4. The van der Waals surface area contributed by atoms with Crippen molar-refractivity contribution in [2.75, 3.05) is 24.9 Å². The topological polar surface area (TPSA) is 128 Å². The molecular weight excluding hydrogens is 500 g/mol. The number of amides is 1. The molecule has 0 spiro atoms. The number of methoxy groups -OCH3 is 2. The van der Waals surface area contributed by atoms with Crippen LogP contribution in [-0.2, 0) is 17.8 Å². The molecule has 5 rings (SSSR count). The van der Waals surface area contributed by atoms with Crippen molar-refractivity contribution in [1.82, 2.24) is 9.55 Å². The number of pyridine rings is 1. The summed E-state index contributed by atoms with van der Waals surface area (Å²) in [6.07, 6.45) is 3.18. The number of carbonyl (C=O) groups excluding carboxylic acids is 2. The van der Waals surface area contributed by atoms with Gasteiger partial charge in [-0.2, -0.15) is 0 Å². The van der Waals surface area contributed by atoms with Crippen molar-refractivity contribution in [3.63, 3.8) is 0 Å². The van der Waals surface area contributed by atoms with Crippen LogP contribution < -0.4 is 15.4 Å². The van der Waals surface area contributed by atoms with Crippen molar-refractivity contribution >= 4 is 34.3 Å². The lowest BCUT2D eigenvalue weighted by Crippen LogP contribution is -2.17. The van der Waals surface area contributed by atoms with Gasteiger partial charge >= 0.3 is 5.97 Å². The predicted molar refractivity (Wildman–Crippen MR) is 145 cm³/mol. The van der Waals surface area contributed by atoms with Crippen molar-refractivity contribution in [3.05, 3.63) is 102 Å². The quantitative estimate of drug-likeness (QED) is 0.228. The van der Waals surface area contributed by atoms with Crippen LogP contribution in [0.1, 0.15) is 32.2 Å². The van der Waals surface area contributed by atoms with Gasteiger partial charge in [0, 0.05) is 17.5 Å². The number of anilines is 2. The maximum Gasteiger partial charge on any atom is 0.356 e. The van der Waals surface area contributed by atoms with Gasteiger partial charge in [-0.25, -0.2) is 9.78 Å². The first kappa shape index (κ1) is 25.4. The van der Waals surface area contributed by atoms with E-state index in [0.29, 0.717) is 40.3 Å². The highest BCUT2D eigenvalue weighted by atomic mass is 16.5. The molecular formula is C29H26N4O6. The third-order valence-electron chi connectivity index (χ3n) is 6.19. The summed E-state index contributed by atoms with van der Waals surface area (Å²) in [5, 5.41) is 16.8. The molecule has 0 saturated carbocycles. The number of rotatable bonds is 9. The summed E-state index contributed by atoms with van der Waals surface area (Å²) in [4.78, 5) is 30.8. The highest BCUT2D eigenvalue weighted by molar-refractivity contribution is 6.14. The van der Waals surface area contributed by atoms with E-state index >= 15 is 0 Å². The largest absolute Gasteiger partial charge is 0.504 e. The van der Waals surface area contributed by atoms with E-state index < -0.39 is 5.97 Å². The fraction of sp³-hybridized carbons (Fsp3) is 0.138. The number of ether oxygens (including phenoxy) is 2. The lowest BCUT2D eigenvalue weighted by atomic mass is 10.2. The number of carbonyl (C=O) groups is 2. The summed E-state index contributed by atoms with van der Waals surface area (Å²) < 4.78 is 17.4. The Labute approximate surface area is 223 Å². The maximum absolute atomic E-state index is 13.2. The standard InChI is InChI=1S/C29H26N4O6/c1-37-24-11-10-18(13-23(24)34)15-30-20-14-22-25(32-28(35)19-7-4-3-5-8-19)26(29(36)38-2)33(27(22)31-16-20)17-21-9-6-12-39-21/h3-14,16,30,34H,15,17H2,1-2H3,(H,32,35). The molecule has 3 aromatic heterocycles. The SMILES string of the molecule is COC(=O)c1c(NC(=O)c2ccccc2)c2cc(NCc3ccc(OC)c(O)c3)cnc2n1Cc1ccco1. The van der Waals surface area contributed by atoms with Gasteiger partial charge in [-0.1, -0.05) is 24.3 Å². The Morgan fingerprint density at radius 3 is 2.56 bits per heavy atom. The van der Waals surface area contributed by atoms with E-state index in [1.807, 2.05) is 12.1 Å². The number of hydrogen-bond donors (Lipinski definition) is 3. The van der Waals surface area contributed by atoms with Crippen LogP contribution in [0.5, 0.6) is 11.5 Å². The Hall–Kier alpha value is -5.25. The lowest BCUT2D eigenvalue weighted by Gasteiger charge is -2.10. The minimum atomic E-state index is -0.633. The average Bonchev–Trinajstić information content (AvgIpc) is 3.58. The Balaban J connectivity index is 1.57. The first-order valence-corrected chi connectivity index (χ1v) is 12.1. The van der Waals surface area contributed by atoms with E-state index in [0.717, 1.165) is 5.56 Å². The minimum Gasteiger partial charge on any atom is -0.504 e. The number of phenolic OH excluding ortho intramolecular Hbond substituents is 1. The van der Waals surface area contributed by atoms with Crippen LogP contribution >= 0.6 is 0 Å². The van der Waals surface area contributed by atoms with E-state index in [9.17, 15) is 14.7 Å². The van der Waals surface area contributed by atoms with Crippen molar-refractivity contribution < 1.29 is 28.6 Å². The minimum absolute atomic E-state index is 0.0361. The van der Waals surface area contributed by atoms with Crippen LogP contribution in [0.15, 0.2) is 83.6 Å². The molecule has 0 fully saturated rings. The molecule has 0 unspecified atom stereocenters. The fourth-order valence-electron chi connectivity index (χ4n) is 4.29. The molecule has 1 amide bonds. The first-order chi connectivity index (χ1) is 19.0. The third kappa shape index (κ3) is 5.26. The van der Waals surface area contributed by atoms with E-state index in [4.69, 9.17) is 13.9 Å². The number of phenols is 1. The Bertz CT molecular complexity index is 1630. The van der Waals surface area contributed by atoms with E-state index in [-0.39, 0.29) is 29.6 Å². The van der Waals surface area contributed by atoms with Crippen LogP contribution in [-0.4, -0.2) is 40.8 Å². The number of hydrogen-bond acceptors (Lipinski definition) is 8. The number of fused-ring (bicyclic) bond motifs is 1. The monoisotopic (exact) mass is 526 g/mol. The molecule has 0 saturated heterocycles. The van der Waals surface area contributed by atoms with Crippen LogP contribution in [0.25, 0.3) is 11.0 Å². The smallest absolute Gasteiger partial charge is 0.356 e. The fourth-order valence-corrected chi connectivity index (χ4v) is 4.29. The van der Waals surface area contributed by atoms with Gasteiger partial charge < -0.3 is 34.2 Å². The molecule has 10 nitrogen and oxygen atoms in total. The Kier molecular flexibility index (Phi) is 7.17. The molecule has 0 aliphatic carbocycles. The molecule has 0 aliphatic rings. The molecule has 0 bridgehead atoms. The lowest BCUT2D eigenvalue weighted by molar-refractivity contribution is 0.0590. The summed E-state index contributed by atoms with van der Waals surface area (Å²) >= 11 is 0. The van der Waals surface area contributed by atoms with Crippen molar-refractivity contribution in [3.8, 4) is 11.5 Å². The van der Waals surface area contributed by atoms with Crippen LogP contribution in [0, 0.1) is 0 Å². The molecule has 3 N–H and O–H groups in total. The molecule has 0 atom stereocenters. The molecule has 3 heterocycles. The number of furan rings is 1. The number of nitrogens with zero attached hydrogens (tertiary/aromatic N) is 2. The molecule has 10 heteroatoms. The number of benzene rings is 2. The molecule has 0 aliphatic heterocycles. The number of aromatic nitrogens is 2. The van der Waals surface area contributed by atoms with Gasteiger partial charge in [0.15, 0.2) is 17.2 Å². The predicted octanol–water partition coefficient (Wildman–Crippen LogP) is 5.04. The average molecular weight is 527 g/mol. The van der Waals surface area contributed by atoms with E-state index in [1.165, 1.54) is 14.2 Å². The van der Waals surface area contributed by atoms with E-state index in [1.54, 1.807) is 71.6 Å². The van der Waals surface area contributed by atoms with Gasteiger partial charge in [-0.15, -0.1) is 0 Å². The van der Waals surface area contributed by atoms with Crippen molar-refractivity contribution in [2.24, 2.45) is 0 Å². The molecule has 0 radical (unpaired) electrons. The van der Waals surface area contributed by atoms with Crippen LogP contribution in [0.4, 0.5) is 11.4 Å². The van der Waals surface area contributed by atoms with Crippen LogP contribution in [0.2, 0.25) is 0 Å². The molecule has 2 aromatic carbocycles. The highest BCUT2D eigenvalue weighted by Gasteiger charge is 2.27. The second kappa shape index (κ2) is 11.0. The van der Waals surface area contributed by atoms with Gasteiger partial charge in [0.1, 0.15) is 11.4 Å². The number of aromatic hydroxyl groups is 1. The summed E-state index contributed by atoms with van der Waals surface area (Å²) in [6, 6.07) is 19.2. The highest BCUT2D eigenvalue weighted by Crippen LogP contribution is 2.34. The van der Waals surface area contributed by atoms with Gasteiger partial charge in [0.25, 0.3) is 5.91 Å². The number of esters is 1. The number of nitrogens with one attached hydrogen (secondary N) is 2. The van der Waals surface area contributed by atoms with Gasteiger partial charge in [0.2, 0.25) is 0 Å². The summed E-state index contributed by atoms with van der Waals surface area (Å²) in [6.45, 7) is 0.577. The zero-order valence-electron chi connectivity index (χ0n) is 21.3. The van der Waals surface area contributed by atoms with E-state index in [2.05, 4.69) is 15.6 Å². The van der Waals surface area contributed by atoms with Gasteiger partial charge in [-0.05, 0) is 48.0 Å². The van der Waals surface area contributed by atoms with Crippen molar-refractivity contribution in [1.29, 1.82) is 0 Å². The van der Waals surface area contributed by atoms with Crippen LogP contribution in [0.3, 0.4) is 0 Å². The maximum atomic E-state index is 13.2. The summed E-state index contributed by atoms with van der Waals surface area (Å²) in [5.41, 5.74) is 2.76.